The second-order valence-corrected chi connectivity index (χ2v) is 4.30. The summed E-state index contributed by atoms with van der Waals surface area (Å²) >= 11 is 0. The second-order valence-electron chi connectivity index (χ2n) is 2.72. The van der Waals surface area contributed by atoms with E-state index in [1.165, 1.54) is 6.20 Å². The van der Waals surface area contributed by atoms with E-state index in [2.05, 4.69) is 4.40 Å². The minimum absolute atomic E-state index is 0.133. The largest absolute Gasteiger partial charge is 0.462 e. The fraction of sp³-hybridized carbons (Fsp3) is 0.500. The first-order valence-corrected chi connectivity index (χ1v) is 5.87. The molecule has 84 valence electrons. The topological polar surface area (TPSA) is 76.0 Å². The van der Waals surface area contributed by atoms with Gasteiger partial charge in [-0.15, -0.1) is 0 Å². The van der Waals surface area contributed by atoms with Crippen LogP contribution in [0, 0.1) is 0 Å². The van der Waals surface area contributed by atoms with Crippen LogP contribution < -0.4 is 0 Å². The Hall–Kier alpha value is -1.37. The Morgan fingerprint density at radius 2 is 2.20 bits per heavy atom. The smallest absolute Gasteiger partial charge is 0.344 e. The van der Waals surface area contributed by atoms with Crippen molar-refractivity contribution in [2.75, 3.05) is 13.2 Å². The highest BCUT2D eigenvalue weighted by Crippen LogP contribution is 2.12. The summed E-state index contributed by atoms with van der Waals surface area (Å²) in [6, 6.07) is 0. The van der Waals surface area contributed by atoms with Gasteiger partial charge in [0.1, 0.15) is 0 Å². The van der Waals surface area contributed by atoms with Gasteiger partial charge in [0.15, 0.2) is 0 Å². The standard InChI is InChI=1S/C8H12N2O4S/c1-3-10-6-7(8(11)14-4-2)5-9-15(10,12)13/h5-6H,3-4H2,1-2H3. The van der Waals surface area contributed by atoms with Gasteiger partial charge in [0.25, 0.3) is 0 Å². The van der Waals surface area contributed by atoms with Crippen LogP contribution in [-0.2, 0) is 19.7 Å². The van der Waals surface area contributed by atoms with Gasteiger partial charge in [0.2, 0.25) is 0 Å². The molecule has 0 atom stereocenters. The molecule has 1 heterocycles. The molecule has 6 nitrogen and oxygen atoms in total. The molecule has 0 aromatic heterocycles. The number of hydrogen-bond acceptors (Lipinski definition) is 4. The summed E-state index contributed by atoms with van der Waals surface area (Å²) in [4.78, 5) is 11.3. The Labute approximate surface area is 88.4 Å². The summed E-state index contributed by atoms with van der Waals surface area (Å²) in [6.45, 7) is 3.79. The fourth-order valence-corrected chi connectivity index (χ4v) is 1.95. The van der Waals surface area contributed by atoms with E-state index in [9.17, 15) is 13.2 Å². The maximum Gasteiger partial charge on any atom is 0.344 e. The number of nitrogens with zero attached hydrogens (tertiary/aromatic N) is 2. The third-order valence-corrected chi connectivity index (χ3v) is 3.06. The van der Waals surface area contributed by atoms with Crippen molar-refractivity contribution in [3.05, 3.63) is 11.8 Å². The summed E-state index contributed by atoms with van der Waals surface area (Å²) in [5.41, 5.74) is 0.133. The van der Waals surface area contributed by atoms with E-state index in [0.717, 1.165) is 10.5 Å². The van der Waals surface area contributed by atoms with Gasteiger partial charge in [-0.1, -0.05) is 0 Å². The minimum atomic E-state index is -3.64. The van der Waals surface area contributed by atoms with Crippen LogP contribution in [0.3, 0.4) is 0 Å². The molecule has 0 radical (unpaired) electrons. The Morgan fingerprint density at radius 1 is 1.53 bits per heavy atom. The van der Waals surface area contributed by atoms with E-state index >= 15 is 0 Å². The van der Waals surface area contributed by atoms with E-state index in [-0.39, 0.29) is 18.7 Å². The molecule has 0 amide bonds. The Morgan fingerprint density at radius 3 is 2.73 bits per heavy atom. The SMILES string of the molecule is CCOC(=O)C1=CN(CC)S(=O)(=O)N=C1. The molecule has 1 rings (SSSR count). The first-order valence-electron chi connectivity index (χ1n) is 4.47. The molecule has 0 spiro atoms. The molecule has 0 N–H and O–H groups in total. The van der Waals surface area contributed by atoms with Crippen molar-refractivity contribution in [3.8, 4) is 0 Å². The minimum Gasteiger partial charge on any atom is -0.462 e. The predicted octanol–water partition coefficient (Wildman–Crippen LogP) is 0.0845. The van der Waals surface area contributed by atoms with Crippen molar-refractivity contribution in [2.45, 2.75) is 13.8 Å². The van der Waals surface area contributed by atoms with Gasteiger partial charge in [-0.25, -0.2) is 4.79 Å². The number of ether oxygens (including phenoxy) is 1. The zero-order chi connectivity index (χ0) is 11.5. The van der Waals surface area contributed by atoms with E-state index in [1.807, 2.05) is 0 Å². The van der Waals surface area contributed by atoms with E-state index < -0.39 is 16.2 Å². The Balaban J connectivity index is 2.93. The Kier molecular flexibility index (Phi) is 3.46. The maximum atomic E-state index is 11.3. The lowest BCUT2D eigenvalue weighted by Crippen LogP contribution is -2.29. The van der Waals surface area contributed by atoms with Crippen LogP contribution in [0.25, 0.3) is 0 Å². The number of carbonyl (C=O) groups is 1. The van der Waals surface area contributed by atoms with Crippen molar-refractivity contribution >= 4 is 22.4 Å². The summed E-state index contributed by atoms with van der Waals surface area (Å²) in [5, 5.41) is 0. The molecule has 1 aliphatic rings. The summed E-state index contributed by atoms with van der Waals surface area (Å²) < 4.78 is 31.6. The van der Waals surface area contributed by atoms with Crippen LogP contribution in [0.2, 0.25) is 0 Å². The number of hydrogen-bond donors (Lipinski definition) is 0. The van der Waals surface area contributed by atoms with Gasteiger partial charge < -0.3 is 4.74 Å². The first kappa shape index (κ1) is 11.7. The number of carbonyl (C=O) groups excluding carboxylic acids is 1. The van der Waals surface area contributed by atoms with Gasteiger partial charge >= 0.3 is 16.2 Å². The molecule has 0 aliphatic carbocycles. The van der Waals surface area contributed by atoms with Crippen molar-refractivity contribution in [1.29, 1.82) is 0 Å². The van der Waals surface area contributed by atoms with Gasteiger partial charge in [-0.3, -0.25) is 4.31 Å². The molecule has 0 aromatic carbocycles. The van der Waals surface area contributed by atoms with E-state index in [0.29, 0.717) is 0 Å². The quantitative estimate of drug-likeness (QED) is 0.646. The zero-order valence-electron chi connectivity index (χ0n) is 8.50. The summed E-state index contributed by atoms with van der Waals surface area (Å²) in [5.74, 6) is -0.574. The third-order valence-electron chi connectivity index (χ3n) is 1.73. The highest BCUT2D eigenvalue weighted by atomic mass is 32.2. The second kappa shape index (κ2) is 4.43. The zero-order valence-corrected chi connectivity index (χ0v) is 9.32. The normalized spacial score (nSPS) is 18.5. The van der Waals surface area contributed by atoms with Crippen molar-refractivity contribution in [3.63, 3.8) is 0 Å². The van der Waals surface area contributed by atoms with Gasteiger partial charge in [-0.2, -0.15) is 12.8 Å². The van der Waals surface area contributed by atoms with Gasteiger partial charge in [-0.05, 0) is 13.8 Å². The fourth-order valence-electron chi connectivity index (χ4n) is 1.01. The molecule has 0 unspecified atom stereocenters. The molecule has 0 aromatic rings. The molecule has 0 saturated carbocycles. The molecular formula is C8H12N2O4S. The van der Waals surface area contributed by atoms with Crippen molar-refractivity contribution in [1.82, 2.24) is 4.31 Å². The lowest BCUT2D eigenvalue weighted by atomic mass is 10.3. The maximum absolute atomic E-state index is 11.3. The van der Waals surface area contributed by atoms with Crippen molar-refractivity contribution in [2.24, 2.45) is 4.40 Å². The average Bonchev–Trinajstić information content (AvgIpc) is 2.17. The van der Waals surface area contributed by atoms with Crippen LogP contribution in [0.15, 0.2) is 16.2 Å². The highest BCUT2D eigenvalue weighted by molar-refractivity contribution is 7.88. The third kappa shape index (κ3) is 2.56. The van der Waals surface area contributed by atoms with Crippen LogP contribution >= 0.6 is 0 Å². The average molecular weight is 232 g/mol. The van der Waals surface area contributed by atoms with Crippen LogP contribution in [0.1, 0.15) is 13.8 Å². The lowest BCUT2D eigenvalue weighted by molar-refractivity contribution is -0.137. The molecule has 15 heavy (non-hydrogen) atoms. The highest BCUT2D eigenvalue weighted by Gasteiger charge is 2.23. The van der Waals surface area contributed by atoms with Crippen LogP contribution in [-0.4, -0.2) is 38.1 Å². The monoisotopic (exact) mass is 232 g/mol. The first-order chi connectivity index (χ1) is 7.01. The van der Waals surface area contributed by atoms with Gasteiger partial charge in [0.05, 0.1) is 18.4 Å². The predicted molar refractivity (Wildman–Crippen MR) is 54.5 cm³/mol. The number of esters is 1. The van der Waals surface area contributed by atoms with Crippen LogP contribution in [0.4, 0.5) is 0 Å². The van der Waals surface area contributed by atoms with Crippen LogP contribution in [0.5, 0.6) is 0 Å². The summed E-state index contributed by atoms with van der Waals surface area (Å²) in [7, 11) is -3.64. The Bertz CT molecular complexity index is 410. The summed E-state index contributed by atoms with van der Waals surface area (Å²) in [6.07, 6.45) is 2.22. The molecule has 0 fully saturated rings. The van der Waals surface area contributed by atoms with Crippen molar-refractivity contribution < 1.29 is 17.9 Å². The molecule has 0 bridgehead atoms. The van der Waals surface area contributed by atoms with Gasteiger partial charge in [0, 0.05) is 12.7 Å². The lowest BCUT2D eigenvalue weighted by Gasteiger charge is -2.18. The molecule has 1 aliphatic heterocycles. The van der Waals surface area contributed by atoms with E-state index in [4.69, 9.17) is 4.74 Å². The molecule has 7 heteroatoms. The number of rotatable bonds is 3. The molecular weight excluding hydrogens is 220 g/mol. The van der Waals surface area contributed by atoms with E-state index in [1.54, 1.807) is 13.8 Å². The molecule has 0 saturated heterocycles.